The second-order valence-corrected chi connectivity index (χ2v) is 5.90. The van der Waals surface area contributed by atoms with E-state index in [1.165, 1.54) is 12.1 Å². The summed E-state index contributed by atoms with van der Waals surface area (Å²) in [5.41, 5.74) is 2.58. The largest absolute Gasteiger partial charge is 0.488 e. The lowest BCUT2D eigenvalue weighted by Crippen LogP contribution is -2.06. The Bertz CT molecular complexity index is 766. The summed E-state index contributed by atoms with van der Waals surface area (Å²) in [6, 6.07) is 8.61. The molecule has 0 saturated carbocycles. The van der Waals surface area contributed by atoms with Crippen molar-refractivity contribution in [2.75, 3.05) is 0 Å². The van der Waals surface area contributed by atoms with Crippen LogP contribution in [0.4, 0.5) is 8.78 Å². The van der Waals surface area contributed by atoms with Gasteiger partial charge in [-0.25, -0.2) is 8.78 Å². The summed E-state index contributed by atoms with van der Waals surface area (Å²) in [5.74, 6) is -0.952. The Kier molecular flexibility index (Phi) is 5.85. The number of allylic oxidation sites excluding steroid dienone is 1. The van der Waals surface area contributed by atoms with Gasteiger partial charge in [0, 0.05) is 18.1 Å². The highest BCUT2D eigenvalue weighted by Gasteiger charge is 2.14. The minimum atomic E-state index is -0.669. The number of aryl methyl sites for hydroxylation is 1. The van der Waals surface area contributed by atoms with Gasteiger partial charge in [0.25, 0.3) is 0 Å². The first-order valence-corrected chi connectivity index (χ1v) is 7.72. The molecule has 4 heteroatoms. The summed E-state index contributed by atoms with van der Waals surface area (Å²) >= 11 is 0. The minimum Gasteiger partial charge on any atom is -0.488 e. The second kappa shape index (κ2) is 7.86. The van der Waals surface area contributed by atoms with Crippen molar-refractivity contribution < 1.29 is 18.3 Å². The molecule has 0 aliphatic rings. The molecule has 2 rings (SSSR count). The highest BCUT2D eigenvalue weighted by molar-refractivity contribution is 5.99. The summed E-state index contributed by atoms with van der Waals surface area (Å²) in [6.45, 7) is 7.49. The van der Waals surface area contributed by atoms with Crippen LogP contribution < -0.4 is 4.74 Å². The van der Waals surface area contributed by atoms with Gasteiger partial charge in [-0.2, -0.15) is 0 Å². The zero-order valence-corrected chi connectivity index (χ0v) is 13.9. The number of benzene rings is 2. The first-order valence-electron chi connectivity index (χ1n) is 7.72. The maximum atomic E-state index is 13.7. The molecule has 0 heterocycles. The lowest BCUT2D eigenvalue weighted by Gasteiger charge is -2.12. The van der Waals surface area contributed by atoms with E-state index in [4.69, 9.17) is 4.74 Å². The molecule has 0 fully saturated rings. The monoisotopic (exact) mass is 330 g/mol. The van der Waals surface area contributed by atoms with E-state index in [2.05, 4.69) is 6.58 Å². The zero-order chi connectivity index (χ0) is 17.7. The number of ketones is 1. The van der Waals surface area contributed by atoms with Gasteiger partial charge in [0.1, 0.15) is 24.0 Å². The number of hydrogen-bond donors (Lipinski definition) is 0. The molecule has 0 amide bonds. The van der Waals surface area contributed by atoms with Crippen LogP contribution in [0.5, 0.6) is 5.75 Å². The average molecular weight is 330 g/mol. The Morgan fingerprint density at radius 1 is 1.12 bits per heavy atom. The molecule has 0 radical (unpaired) electrons. The number of halogens is 2. The molecular formula is C20H20F2O2. The van der Waals surface area contributed by atoms with Gasteiger partial charge >= 0.3 is 0 Å². The van der Waals surface area contributed by atoms with Crippen LogP contribution in [0.15, 0.2) is 48.6 Å². The highest BCUT2D eigenvalue weighted by atomic mass is 19.1. The lowest BCUT2D eigenvalue weighted by atomic mass is 10.0. The van der Waals surface area contributed by atoms with E-state index in [0.717, 1.165) is 17.2 Å². The maximum Gasteiger partial charge on any atom is 0.166 e. The summed E-state index contributed by atoms with van der Waals surface area (Å²) in [7, 11) is 0. The van der Waals surface area contributed by atoms with Gasteiger partial charge in [-0.1, -0.05) is 17.2 Å². The molecule has 0 saturated heterocycles. The van der Waals surface area contributed by atoms with Gasteiger partial charge in [-0.3, -0.25) is 4.79 Å². The van der Waals surface area contributed by atoms with E-state index < -0.39 is 11.6 Å². The van der Waals surface area contributed by atoms with Crippen LogP contribution in [0.1, 0.15) is 41.3 Å². The third-order valence-electron chi connectivity index (χ3n) is 3.61. The van der Waals surface area contributed by atoms with Crippen molar-refractivity contribution in [2.45, 2.75) is 33.3 Å². The fourth-order valence-corrected chi connectivity index (χ4v) is 2.24. The van der Waals surface area contributed by atoms with Gasteiger partial charge in [-0.05, 0) is 44.5 Å². The van der Waals surface area contributed by atoms with Crippen LogP contribution in [0.25, 0.3) is 0 Å². The van der Waals surface area contributed by atoms with Gasteiger partial charge in [0.05, 0.1) is 5.56 Å². The topological polar surface area (TPSA) is 26.3 Å². The van der Waals surface area contributed by atoms with Gasteiger partial charge in [0.2, 0.25) is 0 Å². The van der Waals surface area contributed by atoms with Crippen LogP contribution in [0.3, 0.4) is 0 Å². The molecule has 0 N–H and O–H groups in total. The van der Waals surface area contributed by atoms with E-state index in [1.54, 1.807) is 12.1 Å². The SMILES string of the molecule is C=C(C)CCC(=O)c1cc(C)ccc1OCc1ccc(F)cc1F. The Hall–Kier alpha value is -2.49. The number of carbonyl (C=O) groups excluding carboxylic acids is 1. The molecule has 2 nitrogen and oxygen atoms in total. The standard InChI is InChI=1S/C20H20F2O2/c1-13(2)4-8-19(23)17-10-14(3)5-9-20(17)24-12-15-6-7-16(21)11-18(15)22/h5-7,9-11H,1,4,8,12H2,2-3H3. The molecule has 0 bridgehead atoms. The molecule has 2 aromatic rings. The Morgan fingerprint density at radius 3 is 2.54 bits per heavy atom. The number of Topliss-reactive ketones (excluding diaryl/α,β-unsaturated/α-hetero) is 1. The minimum absolute atomic E-state index is 0.0451. The van der Waals surface area contributed by atoms with E-state index >= 15 is 0 Å². The molecule has 2 aromatic carbocycles. The van der Waals surface area contributed by atoms with Crippen molar-refractivity contribution in [1.82, 2.24) is 0 Å². The van der Waals surface area contributed by atoms with Crippen LogP contribution in [0.2, 0.25) is 0 Å². The highest BCUT2D eigenvalue weighted by Crippen LogP contribution is 2.24. The van der Waals surface area contributed by atoms with Crippen molar-refractivity contribution in [1.29, 1.82) is 0 Å². The zero-order valence-electron chi connectivity index (χ0n) is 13.9. The molecule has 0 aromatic heterocycles. The number of hydrogen-bond acceptors (Lipinski definition) is 2. The summed E-state index contributed by atoms with van der Waals surface area (Å²) in [5, 5.41) is 0. The molecule has 0 aliphatic heterocycles. The van der Waals surface area contributed by atoms with E-state index in [9.17, 15) is 13.6 Å². The first kappa shape index (κ1) is 17.9. The van der Waals surface area contributed by atoms with Crippen molar-refractivity contribution in [3.05, 3.63) is 76.9 Å². The van der Waals surface area contributed by atoms with Crippen LogP contribution in [0, 0.1) is 18.6 Å². The molecule has 0 aliphatic carbocycles. The van der Waals surface area contributed by atoms with Gasteiger partial charge in [-0.15, -0.1) is 6.58 Å². The Balaban J connectivity index is 2.17. The van der Waals surface area contributed by atoms with Gasteiger partial charge in [0.15, 0.2) is 5.78 Å². The quantitative estimate of drug-likeness (QED) is 0.502. The van der Waals surface area contributed by atoms with Crippen LogP contribution in [-0.4, -0.2) is 5.78 Å². The maximum absolute atomic E-state index is 13.7. The molecular weight excluding hydrogens is 310 g/mol. The molecule has 0 spiro atoms. The van der Waals surface area contributed by atoms with Gasteiger partial charge < -0.3 is 4.74 Å². The second-order valence-electron chi connectivity index (χ2n) is 5.90. The molecule has 24 heavy (non-hydrogen) atoms. The van der Waals surface area contributed by atoms with Crippen LogP contribution in [-0.2, 0) is 6.61 Å². The molecule has 0 atom stereocenters. The fourth-order valence-electron chi connectivity index (χ4n) is 2.24. The number of carbonyl (C=O) groups is 1. The normalized spacial score (nSPS) is 10.5. The van der Waals surface area contributed by atoms with Crippen LogP contribution >= 0.6 is 0 Å². The number of rotatable bonds is 7. The van der Waals surface area contributed by atoms with E-state index in [1.807, 2.05) is 19.9 Å². The Labute approximate surface area is 140 Å². The molecule has 0 unspecified atom stereocenters. The van der Waals surface area contributed by atoms with Crippen molar-refractivity contribution in [2.24, 2.45) is 0 Å². The molecule has 126 valence electrons. The van der Waals surface area contributed by atoms with E-state index in [0.29, 0.717) is 24.2 Å². The average Bonchev–Trinajstić information content (AvgIpc) is 2.52. The summed E-state index contributed by atoms with van der Waals surface area (Å²) in [4.78, 5) is 12.4. The van der Waals surface area contributed by atoms with Crippen molar-refractivity contribution in [3.63, 3.8) is 0 Å². The third-order valence-corrected chi connectivity index (χ3v) is 3.61. The smallest absolute Gasteiger partial charge is 0.166 e. The number of ether oxygens (including phenoxy) is 1. The summed E-state index contributed by atoms with van der Waals surface area (Å²) in [6.07, 6.45) is 0.957. The first-order chi connectivity index (χ1) is 11.4. The fraction of sp³-hybridized carbons (Fsp3) is 0.250. The van der Waals surface area contributed by atoms with Crippen molar-refractivity contribution in [3.8, 4) is 5.75 Å². The third kappa shape index (κ3) is 4.75. The van der Waals surface area contributed by atoms with Crippen molar-refractivity contribution >= 4 is 5.78 Å². The summed E-state index contributed by atoms with van der Waals surface area (Å²) < 4.78 is 32.3. The Morgan fingerprint density at radius 2 is 1.88 bits per heavy atom. The van der Waals surface area contributed by atoms with E-state index in [-0.39, 0.29) is 18.0 Å². The lowest BCUT2D eigenvalue weighted by molar-refractivity contribution is 0.0978. The predicted molar refractivity (Wildman–Crippen MR) is 90.2 cm³/mol. The predicted octanol–water partition coefficient (Wildman–Crippen LogP) is 5.39.